The van der Waals surface area contributed by atoms with Gasteiger partial charge in [0, 0.05) is 94.9 Å². The molecular formula is C42H50BrN10O5P. The first-order valence-corrected chi connectivity index (χ1v) is 22.2. The van der Waals surface area contributed by atoms with Gasteiger partial charge in [0.1, 0.15) is 22.4 Å². The largest absolute Gasteiger partial charge is 0.494 e. The monoisotopic (exact) mass is 884 g/mol. The summed E-state index contributed by atoms with van der Waals surface area (Å²) in [5.41, 5.74) is 7.57. The van der Waals surface area contributed by atoms with Crippen molar-refractivity contribution in [3.63, 3.8) is 0 Å². The summed E-state index contributed by atoms with van der Waals surface area (Å²) in [6.45, 7) is 7.41. The summed E-state index contributed by atoms with van der Waals surface area (Å²) < 4.78 is 31.0. The van der Waals surface area contributed by atoms with Crippen molar-refractivity contribution in [1.82, 2.24) is 35.1 Å². The van der Waals surface area contributed by atoms with E-state index in [0.717, 1.165) is 86.5 Å². The fourth-order valence-corrected chi connectivity index (χ4v) is 10.2. The Morgan fingerprint density at radius 3 is 2.53 bits per heavy atom. The van der Waals surface area contributed by atoms with E-state index in [-0.39, 0.29) is 17.3 Å². The lowest BCUT2D eigenvalue weighted by atomic mass is 10.00. The maximum atomic E-state index is 13.8. The van der Waals surface area contributed by atoms with Gasteiger partial charge in [-0.05, 0) is 103 Å². The van der Waals surface area contributed by atoms with Crippen molar-refractivity contribution in [3.8, 4) is 5.75 Å². The van der Waals surface area contributed by atoms with Gasteiger partial charge in [0.15, 0.2) is 0 Å². The number of methoxy groups -OCH3 is 1. The summed E-state index contributed by atoms with van der Waals surface area (Å²) in [4.78, 5) is 38.2. The highest BCUT2D eigenvalue weighted by molar-refractivity contribution is 9.10. The van der Waals surface area contributed by atoms with E-state index in [1.807, 2.05) is 6.07 Å². The minimum Gasteiger partial charge on any atom is -0.494 e. The third-order valence-electron chi connectivity index (χ3n) is 11.7. The number of carbonyl (C=O) groups is 1. The van der Waals surface area contributed by atoms with Crippen LogP contribution in [0.15, 0.2) is 65.5 Å². The summed E-state index contributed by atoms with van der Waals surface area (Å²) in [6.07, 6.45) is 8.97. The average molecular weight is 886 g/mol. The molecule has 5 aromatic rings. The molecule has 3 N–H and O–H groups in total. The molecule has 3 aliphatic rings. The molecule has 2 fully saturated rings. The highest BCUT2D eigenvalue weighted by atomic mass is 79.9. The Kier molecular flexibility index (Phi) is 12.2. The Labute approximate surface area is 352 Å². The van der Waals surface area contributed by atoms with Gasteiger partial charge in [0.05, 0.1) is 28.5 Å². The van der Waals surface area contributed by atoms with Gasteiger partial charge in [0.2, 0.25) is 5.95 Å². The molecule has 310 valence electrons. The summed E-state index contributed by atoms with van der Waals surface area (Å²) >= 11 is 3.56. The highest BCUT2D eigenvalue weighted by Gasteiger charge is 2.34. The van der Waals surface area contributed by atoms with Crippen LogP contribution in [0.4, 0.5) is 28.8 Å². The lowest BCUT2D eigenvalue weighted by molar-refractivity contribution is 0.0674. The zero-order valence-corrected chi connectivity index (χ0v) is 36.5. The Bertz CT molecular complexity index is 2400. The average Bonchev–Trinajstić information content (AvgIpc) is 3.59. The summed E-state index contributed by atoms with van der Waals surface area (Å²) in [6, 6.07) is 14.8. The van der Waals surface area contributed by atoms with Crippen LogP contribution in [0.2, 0.25) is 0 Å². The third kappa shape index (κ3) is 8.39. The Morgan fingerprint density at radius 1 is 0.983 bits per heavy atom. The number of benzene rings is 3. The van der Waals surface area contributed by atoms with Crippen LogP contribution in [0, 0.1) is 6.92 Å². The second-order valence-corrected chi connectivity index (χ2v) is 18.3. The smallest absolute Gasteiger partial charge is 0.365 e. The maximum absolute atomic E-state index is 13.8. The number of carbonyl (C=O) groups excluding carboxylic acids is 1. The molecule has 15 nitrogen and oxygen atoms in total. The predicted octanol–water partition coefficient (Wildman–Crippen LogP) is 6.91. The third-order valence-corrected chi connectivity index (χ3v) is 14.2. The van der Waals surface area contributed by atoms with E-state index < -0.39 is 7.60 Å². The van der Waals surface area contributed by atoms with Crippen LogP contribution in [-0.4, -0.2) is 102 Å². The number of piperidine rings is 2. The van der Waals surface area contributed by atoms with Crippen LogP contribution in [0.1, 0.15) is 52.7 Å². The zero-order chi connectivity index (χ0) is 41.3. The van der Waals surface area contributed by atoms with Crippen molar-refractivity contribution >= 4 is 74.6 Å². The van der Waals surface area contributed by atoms with Gasteiger partial charge in [-0.25, -0.2) is 4.98 Å². The summed E-state index contributed by atoms with van der Waals surface area (Å²) in [7, 11) is 2.76. The number of hydrogen-bond acceptors (Lipinski definition) is 14. The number of fused-ring (bicyclic) bond motifs is 2. The predicted molar refractivity (Wildman–Crippen MR) is 234 cm³/mol. The number of ether oxygens (including phenoxy) is 1. The van der Waals surface area contributed by atoms with Gasteiger partial charge in [0.25, 0.3) is 5.91 Å². The minimum atomic E-state index is -3.78. The van der Waals surface area contributed by atoms with E-state index >= 15 is 0 Å². The highest BCUT2D eigenvalue weighted by Crippen LogP contribution is 2.49. The van der Waals surface area contributed by atoms with Crippen LogP contribution in [-0.2, 0) is 26.7 Å². The topological polar surface area (TPSA) is 159 Å². The van der Waals surface area contributed by atoms with E-state index in [1.54, 1.807) is 31.6 Å². The Morgan fingerprint density at radius 2 is 1.78 bits per heavy atom. The standard InChI is InChI=1S/C42H50BrN10O5P/c1-26-19-35(49-42-47-23-32(43)40(50-42)48-34-11-10-33-38(46-16-15-45-33)39(34)59(55,57-4)58-5)37(56-3)21-36(26)52-17-12-29(13-18-52)51(2)24-27-8-9-31-28(20-27)25-53(41(31)54)30-7-6-14-44-22-30/h8-11,15-16,19-21,23,29-30,44H,6-7,12-14,17-18,22,24-25H2,1-5H3,(H2,47,48,49,50). The van der Waals surface area contributed by atoms with Gasteiger partial charge < -0.3 is 39.5 Å². The number of hydrogen-bond donors (Lipinski definition) is 3. The zero-order valence-electron chi connectivity index (χ0n) is 34.0. The molecule has 1 amide bonds. The van der Waals surface area contributed by atoms with Gasteiger partial charge >= 0.3 is 7.60 Å². The van der Waals surface area contributed by atoms with Crippen LogP contribution in [0.3, 0.4) is 0 Å². The van der Waals surface area contributed by atoms with E-state index in [4.69, 9.17) is 18.8 Å². The second-order valence-electron chi connectivity index (χ2n) is 15.3. The lowest BCUT2D eigenvalue weighted by Crippen LogP contribution is -2.46. The first kappa shape index (κ1) is 41.1. The minimum absolute atomic E-state index is 0.175. The normalized spacial score (nSPS) is 17.5. The van der Waals surface area contributed by atoms with E-state index in [9.17, 15) is 9.36 Å². The Hall–Kier alpha value is -4.70. The van der Waals surface area contributed by atoms with Gasteiger partial charge in [-0.3, -0.25) is 24.2 Å². The van der Waals surface area contributed by atoms with Crippen molar-refractivity contribution in [2.75, 3.05) is 70.1 Å². The second kappa shape index (κ2) is 17.5. The van der Waals surface area contributed by atoms with Gasteiger partial charge in [-0.15, -0.1) is 0 Å². The molecule has 0 aliphatic carbocycles. The SMILES string of the molecule is COc1cc(N2CCC(N(C)Cc3ccc4c(c3)CN(C3CCCNC3)C4=O)CC2)c(C)cc1Nc1ncc(Br)c(Nc2ccc3nccnc3c2P(=O)(OC)OC)n1. The quantitative estimate of drug-likeness (QED) is 0.105. The first-order valence-electron chi connectivity index (χ1n) is 19.9. The van der Waals surface area contributed by atoms with Crippen LogP contribution in [0.5, 0.6) is 5.75 Å². The summed E-state index contributed by atoms with van der Waals surface area (Å²) in [5, 5.41) is 10.3. The molecule has 5 heterocycles. The number of aromatic nitrogens is 4. The molecule has 2 saturated heterocycles. The molecule has 17 heteroatoms. The van der Waals surface area contributed by atoms with E-state index in [0.29, 0.717) is 51.3 Å². The molecule has 8 rings (SSSR count). The van der Waals surface area contributed by atoms with Crippen LogP contribution < -0.4 is 30.9 Å². The number of anilines is 5. The van der Waals surface area contributed by atoms with Gasteiger partial charge in [-0.1, -0.05) is 12.1 Å². The van der Waals surface area contributed by atoms with Crippen LogP contribution in [0.25, 0.3) is 11.0 Å². The lowest BCUT2D eigenvalue weighted by Gasteiger charge is -2.38. The molecule has 3 aromatic carbocycles. The molecular weight excluding hydrogens is 835 g/mol. The van der Waals surface area contributed by atoms with Crippen molar-refractivity contribution in [2.45, 2.75) is 57.8 Å². The van der Waals surface area contributed by atoms with E-state index in [1.165, 1.54) is 26.0 Å². The van der Waals surface area contributed by atoms with Crippen molar-refractivity contribution < 1.29 is 23.1 Å². The molecule has 59 heavy (non-hydrogen) atoms. The number of nitrogens with zero attached hydrogens (tertiary/aromatic N) is 7. The molecule has 1 atom stereocenters. The number of rotatable bonds is 13. The number of nitrogens with one attached hydrogen (secondary N) is 3. The fraction of sp³-hybridized carbons (Fsp3) is 0.405. The van der Waals surface area contributed by atoms with Crippen molar-refractivity contribution in [2.24, 2.45) is 0 Å². The number of aryl methyl sites for hydroxylation is 1. The van der Waals surface area contributed by atoms with Crippen molar-refractivity contribution in [3.05, 3.63) is 87.8 Å². The first-order chi connectivity index (χ1) is 28.6. The molecule has 2 aromatic heterocycles. The van der Waals surface area contributed by atoms with Gasteiger partial charge in [-0.2, -0.15) is 4.98 Å². The van der Waals surface area contributed by atoms with E-state index in [2.05, 4.69) is 99.8 Å². The molecule has 0 bridgehead atoms. The molecule has 3 aliphatic heterocycles. The van der Waals surface area contributed by atoms with Crippen LogP contribution >= 0.6 is 23.5 Å². The Balaban J connectivity index is 0.927. The van der Waals surface area contributed by atoms with Crippen molar-refractivity contribution in [1.29, 1.82) is 0 Å². The molecule has 0 spiro atoms. The maximum Gasteiger partial charge on any atom is 0.365 e. The molecule has 0 radical (unpaired) electrons. The molecule has 0 saturated carbocycles. The number of halogens is 1. The fourth-order valence-electron chi connectivity index (χ4n) is 8.56. The number of amides is 1. The molecule has 1 unspecified atom stereocenters. The summed E-state index contributed by atoms with van der Waals surface area (Å²) in [5.74, 6) is 1.57.